The second-order valence-electron chi connectivity index (χ2n) is 9.52. The largest absolute Gasteiger partial charge is 0.460 e. The quantitative estimate of drug-likeness (QED) is 0.0460. The van der Waals surface area contributed by atoms with Crippen molar-refractivity contribution in [3.05, 3.63) is 42.0 Å². The molecule has 0 N–H and O–H groups in total. The van der Waals surface area contributed by atoms with Crippen LogP contribution in [-0.2, 0) is 66.5 Å². The first kappa shape index (κ1) is 42.0. The normalized spacial score (nSPS) is 11.6. The number of benzene rings is 1. The molecule has 0 saturated carbocycles. The molecular formula is C31H52O14S. The average molecular weight is 681 g/mol. The highest BCUT2D eigenvalue weighted by atomic mass is 32.2. The standard InChI is InChI=1S/C31H52O14S/c1-28(2)31(32)44-26-24-42-22-20-40-18-16-38-14-12-36-10-8-35-9-11-37-13-15-39-17-19-41-21-23-43-25-27-45-46(33,34)30-6-4-29(3)5-7-30/h4-7H,1,8-27H2,2-3H3. The Bertz CT molecular complexity index is 987. The third kappa shape index (κ3) is 25.1. The number of ether oxygens (including phenoxy) is 10. The first-order chi connectivity index (χ1) is 22.3. The zero-order chi connectivity index (χ0) is 33.6. The molecule has 0 aromatic heterocycles. The molecule has 0 amide bonds. The fourth-order valence-corrected chi connectivity index (χ4v) is 4.05. The first-order valence-electron chi connectivity index (χ1n) is 15.3. The van der Waals surface area contributed by atoms with E-state index >= 15 is 0 Å². The highest BCUT2D eigenvalue weighted by molar-refractivity contribution is 7.86. The molecule has 0 heterocycles. The summed E-state index contributed by atoms with van der Waals surface area (Å²) in [6.07, 6.45) is 0. The summed E-state index contributed by atoms with van der Waals surface area (Å²) in [6, 6.07) is 6.47. The van der Waals surface area contributed by atoms with Gasteiger partial charge in [0.2, 0.25) is 0 Å². The lowest BCUT2D eigenvalue weighted by molar-refractivity contribution is -0.140. The van der Waals surface area contributed by atoms with E-state index in [1.165, 1.54) is 12.1 Å². The number of carbonyl (C=O) groups excluding carboxylic acids is 1. The van der Waals surface area contributed by atoms with Crippen molar-refractivity contribution >= 4 is 16.1 Å². The number of hydrogen-bond donors (Lipinski definition) is 0. The summed E-state index contributed by atoms with van der Waals surface area (Å²) in [5.41, 5.74) is 1.33. The number of rotatable bonds is 33. The third-order valence-electron chi connectivity index (χ3n) is 5.56. The van der Waals surface area contributed by atoms with Crippen LogP contribution in [0.2, 0.25) is 0 Å². The van der Waals surface area contributed by atoms with Gasteiger partial charge in [0.05, 0.1) is 130 Å². The number of hydrogen-bond acceptors (Lipinski definition) is 14. The van der Waals surface area contributed by atoms with Crippen LogP contribution < -0.4 is 0 Å². The summed E-state index contributed by atoms with van der Waals surface area (Å²) in [6.45, 7) is 14.6. The van der Waals surface area contributed by atoms with Gasteiger partial charge in [-0.25, -0.2) is 4.79 Å². The molecule has 266 valence electrons. The zero-order valence-corrected chi connectivity index (χ0v) is 28.1. The van der Waals surface area contributed by atoms with Crippen LogP contribution >= 0.6 is 0 Å². The Hall–Kier alpha value is -2.02. The van der Waals surface area contributed by atoms with Gasteiger partial charge in [0.15, 0.2) is 0 Å². The van der Waals surface area contributed by atoms with Crippen molar-refractivity contribution in [2.75, 3.05) is 132 Å². The van der Waals surface area contributed by atoms with Crippen molar-refractivity contribution in [2.24, 2.45) is 0 Å². The maximum Gasteiger partial charge on any atom is 0.333 e. The molecule has 0 saturated heterocycles. The highest BCUT2D eigenvalue weighted by Crippen LogP contribution is 2.12. The summed E-state index contributed by atoms with van der Waals surface area (Å²) in [5.74, 6) is -0.420. The van der Waals surface area contributed by atoms with Gasteiger partial charge in [-0.1, -0.05) is 24.3 Å². The molecule has 0 aliphatic rings. The van der Waals surface area contributed by atoms with Crippen molar-refractivity contribution in [3.63, 3.8) is 0 Å². The monoisotopic (exact) mass is 680 g/mol. The Morgan fingerprint density at radius 1 is 0.522 bits per heavy atom. The Morgan fingerprint density at radius 2 is 0.804 bits per heavy atom. The number of esters is 1. The molecular weight excluding hydrogens is 628 g/mol. The van der Waals surface area contributed by atoms with Crippen molar-refractivity contribution in [1.82, 2.24) is 0 Å². The first-order valence-corrected chi connectivity index (χ1v) is 16.7. The number of aryl methyl sites for hydroxylation is 1. The van der Waals surface area contributed by atoms with E-state index < -0.39 is 16.1 Å². The molecule has 14 nitrogen and oxygen atoms in total. The van der Waals surface area contributed by atoms with Crippen LogP contribution in [0.5, 0.6) is 0 Å². The van der Waals surface area contributed by atoms with Gasteiger partial charge in [0.1, 0.15) is 6.61 Å². The van der Waals surface area contributed by atoms with E-state index in [9.17, 15) is 13.2 Å². The summed E-state index contributed by atoms with van der Waals surface area (Å²) in [7, 11) is -3.78. The zero-order valence-electron chi connectivity index (χ0n) is 27.3. The summed E-state index contributed by atoms with van der Waals surface area (Å²) < 4.78 is 82.6. The van der Waals surface area contributed by atoms with Crippen LogP contribution in [0.25, 0.3) is 0 Å². The second-order valence-corrected chi connectivity index (χ2v) is 11.1. The van der Waals surface area contributed by atoms with Gasteiger partial charge in [-0.05, 0) is 26.0 Å². The van der Waals surface area contributed by atoms with Crippen molar-refractivity contribution in [2.45, 2.75) is 18.7 Å². The van der Waals surface area contributed by atoms with Crippen LogP contribution in [0.15, 0.2) is 41.3 Å². The molecule has 0 unspecified atom stereocenters. The van der Waals surface area contributed by atoms with E-state index in [0.29, 0.717) is 118 Å². The Balaban J connectivity index is 1.70. The van der Waals surface area contributed by atoms with Gasteiger partial charge in [0.25, 0.3) is 10.1 Å². The Morgan fingerprint density at radius 3 is 1.11 bits per heavy atom. The topological polar surface area (TPSA) is 153 Å². The fraction of sp³-hybridized carbons (Fsp3) is 0.710. The van der Waals surface area contributed by atoms with E-state index in [1.54, 1.807) is 19.1 Å². The van der Waals surface area contributed by atoms with Crippen LogP contribution in [0, 0.1) is 6.92 Å². The minimum absolute atomic E-state index is 0.0640. The SMILES string of the molecule is C=C(C)C(=O)OCCOCCOCCOCCOCCOCCOCCOCCOCCOCCOS(=O)(=O)c1ccc(C)cc1. The molecule has 0 aliphatic heterocycles. The molecule has 1 rings (SSSR count). The van der Waals surface area contributed by atoms with E-state index in [4.69, 9.17) is 51.6 Å². The molecule has 0 aliphatic carbocycles. The van der Waals surface area contributed by atoms with Crippen LogP contribution in [0.1, 0.15) is 12.5 Å². The van der Waals surface area contributed by atoms with Gasteiger partial charge in [-0.15, -0.1) is 0 Å². The molecule has 0 radical (unpaired) electrons. The van der Waals surface area contributed by atoms with E-state index in [1.807, 2.05) is 6.92 Å². The Labute approximate surface area is 273 Å². The maximum atomic E-state index is 12.1. The van der Waals surface area contributed by atoms with E-state index in [2.05, 4.69) is 6.58 Å². The number of carbonyl (C=O) groups is 1. The lowest BCUT2D eigenvalue weighted by atomic mass is 10.2. The van der Waals surface area contributed by atoms with Gasteiger partial charge >= 0.3 is 5.97 Å². The molecule has 46 heavy (non-hydrogen) atoms. The van der Waals surface area contributed by atoms with E-state index in [-0.39, 0.29) is 24.7 Å². The van der Waals surface area contributed by atoms with Crippen LogP contribution in [-0.4, -0.2) is 147 Å². The van der Waals surface area contributed by atoms with E-state index in [0.717, 1.165) is 5.56 Å². The average Bonchev–Trinajstić information content (AvgIpc) is 3.03. The Kier molecular flexibility index (Phi) is 26.6. The third-order valence-corrected chi connectivity index (χ3v) is 6.89. The van der Waals surface area contributed by atoms with Gasteiger partial charge in [0, 0.05) is 5.57 Å². The van der Waals surface area contributed by atoms with Crippen LogP contribution in [0.4, 0.5) is 0 Å². The van der Waals surface area contributed by atoms with Crippen molar-refractivity contribution in [1.29, 1.82) is 0 Å². The van der Waals surface area contributed by atoms with Gasteiger partial charge in [-0.2, -0.15) is 8.42 Å². The highest BCUT2D eigenvalue weighted by Gasteiger charge is 2.14. The predicted octanol–water partition coefficient (Wildman–Crippen LogP) is 1.97. The van der Waals surface area contributed by atoms with Crippen molar-refractivity contribution in [3.8, 4) is 0 Å². The molecule has 0 fully saturated rings. The minimum atomic E-state index is -3.78. The molecule has 0 spiro atoms. The van der Waals surface area contributed by atoms with Gasteiger partial charge in [-0.3, -0.25) is 4.18 Å². The summed E-state index contributed by atoms with van der Waals surface area (Å²) in [4.78, 5) is 11.3. The van der Waals surface area contributed by atoms with Crippen LogP contribution in [0.3, 0.4) is 0 Å². The smallest absolute Gasteiger partial charge is 0.333 e. The lowest BCUT2D eigenvalue weighted by Gasteiger charge is -2.09. The van der Waals surface area contributed by atoms with Gasteiger partial charge < -0.3 is 47.4 Å². The molecule has 1 aromatic carbocycles. The fourth-order valence-electron chi connectivity index (χ4n) is 3.15. The summed E-state index contributed by atoms with van der Waals surface area (Å²) in [5, 5.41) is 0. The lowest BCUT2D eigenvalue weighted by Crippen LogP contribution is -2.16. The van der Waals surface area contributed by atoms with Crippen molar-refractivity contribution < 1.29 is 64.8 Å². The summed E-state index contributed by atoms with van der Waals surface area (Å²) >= 11 is 0. The maximum absolute atomic E-state index is 12.1. The second kappa shape index (κ2) is 29.1. The predicted molar refractivity (Wildman–Crippen MR) is 167 cm³/mol. The molecule has 15 heteroatoms. The molecule has 0 atom stereocenters. The molecule has 1 aromatic rings. The molecule has 0 bridgehead atoms. The minimum Gasteiger partial charge on any atom is -0.460 e.